The van der Waals surface area contributed by atoms with Crippen molar-refractivity contribution in [1.82, 2.24) is 5.32 Å². The molecule has 2 unspecified atom stereocenters. The largest absolute Gasteiger partial charge is 0.375 e. The molecule has 0 spiro atoms. The first-order valence-corrected chi connectivity index (χ1v) is 10.2. The van der Waals surface area contributed by atoms with E-state index in [9.17, 15) is 14.4 Å². The molecule has 1 amide bonds. The molecule has 1 aromatic rings. The van der Waals surface area contributed by atoms with Crippen molar-refractivity contribution in [3.05, 3.63) is 47.0 Å². The van der Waals surface area contributed by atoms with E-state index in [-0.39, 0.29) is 30.3 Å². The molecule has 30 heavy (non-hydrogen) atoms. The van der Waals surface area contributed by atoms with Crippen molar-refractivity contribution in [1.29, 1.82) is 0 Å². The second-order valence-corrected chi connectivity index (χ2v) is 8.54. The molecule has 1 saturated carbocycles. The minimum atomic E-state index is -0.796. The SMILES string of the molecule is C=CCOCC(C)(C)NC(=O)CC1CC(=O)C(c2c(C)cc(C#CC)cc2C)C1=O. The minimum Gasteiger partial charge on any atom is -0.375 e. The van der Waals surface area contributed by atoms with E-state index < -0.39 is 17.4 Å². The molecule has 2 rings (SSSR count). The number of ether oxygens (including phenoxy) is 1. The number of amides is 1. The van der Waals surface area contributed by atoms with Crippen LogP contribution in [0.4, 0.5) is 0 Å². The summed E-state index contributed by atoms with van der Waals surface area (Å²) in [6.07, 6.45) is 1.75. The highest BCUT2D eigenvalue weighted by Crippen LogP contribution is 2.37. The number of benzene rings is 1. The van der Waals surface area contributed by atoms with Crippen molar-refractivity contribution in [2.45, 2.75) is 58.9 Å². The van der Waals surface area contributed by atoms with Gasteiger partial charge in [-0.25, -0.2) is 0 Å². The maximum Gasteiger partial charge on any atom is 0.221 e. The van der Waals surface area contributed by atoms with Crippen LogP contribution >= 0.6 is 0 Å². The topological polar surface area (TPSA) is 72.5 Å². The molecule has 1 N–H and O–H groups in total. The van der Waals surface area contributed by atoms with E-state index in [1.165, 1.54) is 0 Å². The summed E-state index contributed by atoms with van der Waals surface area (Å²) in [6, 6.07) is 3.82. The molecule has 0 aliphatic heterocycles. The predicted molar refractivity (Wildman–Crippen MR) is 117 cm³/mol. The zero-order valence-corrected chi connectivity index (χ0v) is 18.6. The van der Waals surface area contributed by atoms with Crippen LogP contribution in [0.3, 0.4) is 0 Å². The monoisotopic (exact) mass is 409 g/mol. The lowest BCUT2D eigenvalue weighted by molar-refractivity contribution is -0.129. The number of rotatable bonds is 8. The quantitative estimate of drug-likeness (QED) is 0.309. The van der Waals surface area contributed by atoms with Crippen LogP contribution in [-0.4, -0.2) is 36.2 Å². The van der Waals surface area contributed by atoms with E-state index in [2.05, 4.69) is 23.7 Å². The van der Waals surface area contributed by atoms with Gasteiger partial charge in [0.2, 0.25) is 5.91 Å². The lowest BCUT2D eigenvalue weighted by Gasteiger charge is -2.26. The van der Waals surface area contributed by atoms with Gasteiger partial charge in [0.15, 0.2) is 5.78 Å². The number of carbonyl (C=O) groups is 3. The van der Waals surface area contributed by atoms with Crippen molar-refractivity contribution in [2.24, 2.45) is 5.92 Å². The zero-order chi connectivity index (χ0) is 22.5. The van der Waals surface area contributed by atoms with E-state index in [0.29, 0.717) is 13.2 Å². The molecule has 0 saturated heterocycles. The average molecular weight is 410 g/mol. The summed E-state index contributed by atoms with van der Waals surface area (Å²) in [5, 5.41) is 2.90. The van der Waals surface area contributed by atoms with Crippen LogP contribution in [0.1, 0.15) is 61.8 Å². The fourth-order valence-corrected chi connectivity index (χ4v) is 4.06. The fourth-order valence-electron chi connectivity index (χ4n) is 4.06. The molecule has 0 radical (unpaired) electrons. The van der Waals surface area contributed by atoms with Gasteiger partial charge in [-0.05, 0) is 63.4 Å². The highest BCUT2D eigenvalue weighted by atomic mass is 16.5. The predicted octanol–water partition coefficient (Wildman–Crippen LogP) is 3.40. The Morgan fingerprint density at radius 2 is 1.93 bits per heavy atom. The van der Waals surface area contributed by atoms with Gasteiger partial charge in [0, 0.05) is 24.3 Å². The molecule has 5 nitrogen and oxygen atoms in total. The van der Waals surface area contributed by atoms with E-state index in [4.69, 9.17) is 4.74 Å². The molecule has 160 valence electrons. The number of aryl methyl sites for hydroxylation is 2. The van der Waals surface area contributed by atoms with Gasteiger partial charge in [0.1, 0.15) is 11.7 Å². The molecular formula is C25H31NO4. The van der Waals surface area contributed by atoms with Crippen molar-refractivity contribution in [2.75, 3.05) is 13.2 Å². The molecule has 5 heteroatoms. The Morgan fingerprint density at radius 1 is 1.30 bits per heavy atom. The summed E-state index contributed by atoms with van der Waals surface area (Å²) >= 11 is 0. The Hall–Kier alpha value is -2.71. The van der Waals surface area contributed by atoms with Crippen molar-refractivity contribution < 1.29 is 19.1 Å². The van der Waals surface area contributed by atoms with Gasteiger partial charge in [-0.2, -0.15) is 0 Å². The zero-order valence-electron chi connectivity index (χ0n) is 18.6. The minimum absolute atomic E-state index is 0.00342. The smallest absolute Gasteiger partial charge is 0.221 e. The number of carbonyl (C=O) groups excluding carboxylic acids is 3. The first-order valence-electron chi connectivity index (χ1n) is 10.2. The highest BCUT2D eigenvalue weighted by molar-refractivity contribution is 6.15. The summed E-state index contributed by atoms with van der Waals surface area (Å²) in [5.41, 5.74) is 2.81. The summed E-state index contributed by atoms with van der Waals surface area (Å²) in [7, 11) is 0. The summed E-state index contributed by atoms with van der Waals surface area (Å²) in [5.74, 6) is 3.95. The Morgan fingerprint density at radius 3 is 2.50 bits per heavy atom. The van der Waals surface area contributed by atoms with Gasteiger partial charge in [0.25, 0.3) is 0 Å². The molecule has 2 atom stereocenters. The molecule has 1 fully saturated rings. The van der Waals surface area contributed by atoms with Crippen LogP contribution < -0.4 is 5.32 Å². The maximum absolute atomic E-state index is 13.1. The number of Topliss-reactive ketones (excluding diaryl/α,β-unsaturated/α-hetero) is 2. The van der Waals surface area contributed by atoms with Gasteiger partial charge >= 0.3 is 0 Å². The van der Waals surface area contributed by atoms with Gasteiger partial charge < -0.3 is 10.1 Å². The third-order valence-electron chi connectivity index (χ3n) is 5.22. The molecule has 1 aliphatic carbocycles. The average Bonchev–Trinajstić information content (AvgIpc) is 2.88. The van der Waals surface area contributed by atoms with Gasteiger partial charge in [-0.1, -0.05) is 12.0 Å². The normalized spacial score (nSPS) is 18.7. The van der Waals surface area contributed by atoms with Crippen molar-refractivity contribution >= 4 is 17.5 Å². The summed E-state index contributed by atoms with van der Waals surface area (Å²) < 4.78 is 5.42. The van der Waals surface area contributed by atoms with Crippen LogP contribution in [0.15, 0.2) is 24.8 Å². The Bertz CT molecular complexity index is 894. The second-order valence-electron chi connectivity index (χ2n) is 8.54. The van der Waals surface area contributed by atoms with Crippen LogP contribution in [0.25, 0.3) is 0 Å². The molecule has 0 bridgehead atoms. The number of ketones is 2. The van der Waals surface area contributed by atoms with E-state index in [0.717, 1.165) is 22.3 Å². The number of hydrogen-bond donors (Lipinski definition) is 1. The van der Waals surface area contributed by atoms with Crippen molar-refractivity contribution in [3.8, 4) is 11.8 Å². The first-order chi connectivity index (χ1) is 14.1. The van der Waals surface area contributed by atoms with E-state index >= 15 is 0 Å². The first kappa shape index (κ1) is 23.6. The summed E-state index contributed by atoms with van der Waals surface area (Å²) in [4.78, 5) is 38.3. The Kier molecular flexibility index (Phi) is 7.75. The van der Waals surface area contributed by atoms with Gasteiger partial charge in [-0.15, -0.1) is 12.5 Å². The Balaban J connectivity index is 2.12. The van der Waals surface area contributed by atoms with Crippen LogP contribution in [0.5, 0.6) is 0 Å². The van der Waals surface area contributed by atoms with E-state index in [1.807, 2.05) is 39.8 Å². The molecule has 0 heterocycles. The molecular weight excluding hydrogens is 378 g/mol. The summed E-state index contributed by atoms with van der Waals surface area (Å²) in [6.45, 7) is 13.6. The lowest BCUT2D eigenvalue weighted by atomic mass is 9.86. The fraction of sp³-hybridized carbons (Fsp3) is 0.480. The van der Waals surface area contributed by atoms with Crippen LogP contribution in [0, 0.1) is 31.6 Å². The lowest BCUT2D eigenvalue weighted by Crippen LogP contribution is -2.47. The molecule has 1 aliphatic rings. The van der Waals surface area contributed by atoms with Crippen LogP contribution in [-0.2, 0) is 19.1 Å². The third kappa shape index (κ3) is 5.67. The van der Waals surface area contributed by atoms with Gasteiger partial charge in [0.05, 0.1) is 18.8 Å². The second kappa shape index (κ2) is 9.86. The number of hydrogen-bond acceptors (Lipinski definition) is 4. The highest BCUT2D eigenvalue weighted by Gasteiger charge is 2.44. The van der Waals surface area contributed by atoms with Gasteiger partial charge in [-0.3, -0.25) is 14.4 Å². The molecule has 1 aromatic carbocycles. The Labute approximate surface area is 179 Å². The van der Waals surface area contributed by atoms with E-state index in [1.54, 1.807) is 13.0 Å². The molecule has 0 aromatic heterocycles. The van der Waals surface area contributed by atoms with Crippen molar-refractivity contribution in [3.63, 3.8) is 0 Å². The third-order valence-corrected chi connectivity index (χ3v) is 5.22. The maximum atomic E-state index is 13.1. The standard InChI is InChI=1S/C25H31NO4/c1-7-9-18-11-16(3)22(17(4)12-18)23-20(27)13-19(24(23)29)14-21(28)26-25(5,6)15-30-10-8-2/h8,11-12,19,23H,2,10,13-15H2,1,3-6H3,(H,26,28). The number of nitrogens with one attached hydrogen (secondary N) is 1. The van der Waals surface area contributed by atoms with Crippen LogP contribution in [0.2, 0.25) is 0 Å².